The maximum Gasteiger partial charge on any atom is 0.277 e. The number of aryl methyl sites for hydroxylation is 1. The summed E-state index contributed by atoms with van der Waals surface area (Å²) < 4.78 is 18.8. The van der Waals surface area contributed by atoms with E-state index in [1.807, 2.05) is 12.3 Å². The van der Waals surface area contributed by atoms with Crippen molar-refractivity contribution in [2.75, 3.05) is 0 Å². The molecular formula is C14H13FN4OS. The number of nitrogens with two attached hydrogens (primary N) is 1. The van der Waals surface area contributed by atoms with E-state index in [0.29, 0.717) is 28.5 Å². The molecule has 0 radical (unpaired) electrons. The van der Waals surface area contributed by atoms with Crippen molar-refractivity contribution in [2.45, 2.75) is 19.9 Å². The molecule has 2 heterocycles. The van der Waals surface area contributed by atoms with Crippen LogP contribution in [-0.2, 0) is 0 Å². The predicted molar refractivity (Wildman–Crippen MR) is 78.1 cm³/mol. The molecule has 0 aliphatic rings. The molecule has 3 rings (SSSR count). The fourth-order valence-corrected chi connectivity index (χ4v) is 2.52. The highest BCUT2D eigenvalue weighted by molar-refractivity contribution is 7.10. The van der Waals surface area contributed by atoms with E-state index in [4.69, 9.17) is 10.3 Å². The van der Waals surface area contributed by atoms with Crippen LogP contribution >= 0.6 is 11.3 Å². The first-order chi connectivity index (χ1) is 10.0. The summed E-state index contributed by atoms with van der Waals surface area (Å²) in [6.07, 6.45) is 0. The first-order valence-electron chi connectivity index (χ1n) is 6.36. The highest BCUT2D eigenvalue weighted by Gasteiger charge is 2.15. The summed E-state index contributed by atoms with van der Waals surface area (Å²) in [6, 6.07) is 4.68. The van der Waals surface area contributed by atoms with Crippen LogP contribution in [0.25, 0.3) is 23.0 Å². The molecule has 2 aromatic heterocycles. The minimum absolute atomic E-state index is 0.141. The Hall–Kier alpha value is -2.12. The maximum atomic E-state index is 13.6. The van der Waals surface area contributed by atoms with E-state index in [1.54, 1.807) is 19.1 Å². The molecule has 21 heavy (non-hydrogen) atoms. The number of nitrogens with zero attached hydrogens (tertiary/aromatic N) is 3. The third kappa shape index (κ3) is 2.70. The van der Waals surface area contributed by atoms with Gasteiger partial charge in [0, 0.05) is 10.9 Å². The minimum atomic E-state index is -0.299. The van der Waals surface area contributed by atoms with Crippen molar-refractivity contribution in [2.24, 2.45) is 5.73 Å². The van der Waals surface area contributed by atoms with E-state index < -0.39 is 0 Å². The molecule has 1 unspecified atom stereocenters. The quantitative estimate of drug-likeness (QED) is 0.803. The van der Waals surface area contributed by atoms with Gasteiger partial charge >= 0.3 is 0 Å². The molecule has 2 N–H and O–H groups in total. The number of rotatable bonds is 3. The Morgan fingerprint density at radius 3 is 2.81 bits per heavy atom. The van der Waals surface area contributed by atoms with Crippen LogP contribution in [0.1, 0.15) is 23.5 Å². The average Bonchev–Trinajstić information content (AvgIpc) is 3.09. The van der Waals surface area contributed by atoms with E-state index in [-0.39, 0.29) is 11.9 Å². The number of thiazole rings is 1. The monoisotopic (exact) mass is 304 g/mol. The van der Waals surface area contributed by atoms with Crippen LogP contribution < -0.4 is 5.73 Å². The summed E-state index contributed by atoms with van der Waals surface area (Å²) in [6.45, 7) is 3.56. The zero-order valence-electron chi connectivity index (χ0n) is 11.5. The van der Waals surface area contributed by atoms with Crippen molar-refractivity contribution >= 4 is 11.3 Å². The van der Waals surface area contributed by atoms with E-state index in [1.165, 1.54) is 17.4 Å². The Kier molecular flexibility index (Phi) is 3.52. The van der Waals surface area contributed by atoms with Crippen LogP contribution in [0.15, 0.2) is 28.1 Å². The van der Waals surface area contributed by atoms with Gasteiger partial charge in [-0.3, -0.25) is 0 Å². The fraction of sp³-hybridized carbons (Fsp3) is 0.214. The van der Waals surface area contributed by atoms with Crippen molar-refractivity contribution in [3.63, 3.8) is 0 Å². The molecule has 5 nitrogen and oxygen atoms in total. The molecule has 108 valence electrons. The molecule has 7 heteroatoms. The number of aromatic nitrogens is 3. The number of halogens is 1. The van der Waals surface area contributed by atoms with Crippen LogP contribution in [-0.4, -0.2) is 15.1 Å². The van der Waals surface area contributed by atoms with Gasteiger partial charge < -0.3 is 10.3 Å². The van der Waals surface area contributed by atoms with Crippen LogP contribution in [0.4, 0.5) is 4.39 Å². The summed E-state index contributed by atoms with van der Waals surface area (Å²) in [5, 5.41) is 6.48. The third-order valence-corrected chi connectivity index (χ3v) is 4.03. The minimum Gasteiger partial charge on any atom is -0.332 e. The first-order valence-corrected chi connectivity index (χ1v) is 7.24. The summed E-state index contributed by atoms with van der Waals surface area (Å²) >= 11 is 1.44. The van der Waals surface area contributed by atoms with E-state index in [9.17, 15) is 4.39 Å². The van der Waals surface area contributed by atoms with Crippen molar-refractivity contribution in [3.8, 4) is 23.0 Å². The standard InChI is InChI=1S/C14H13FN4OS/c1-7-3-4-9(5-10(7)15)12-18-13(20-19-12)11-6-21-14(17-11)8(2)16/h3-6,8H,16H2,1-2H3. The highest BCUT2D eigenvalue weighted by atomic mass is 32.1. The number of hydrogen-bond donors (Lipinski definition) is 1. The van der Waals surface area contributed by atoms with E-state index in [0.717, 1.165) is 5.01 Å². The van der Waals surface area contributed by atoms with Gasteiger partial charge in [-0.2, -0.15) is 4.98 Å². The first kappa shape index (κ1) is 13.8. The van der Waals surface area contributed by atoms with Crippen LogP contribution in [0.3, 0.4) is 0 Å². The second kappa shape index (κ2) is 5.34. The Morgan fingerprint density at radius 2 is 2.14 bits per heavy atom. The number of hydrogen-bond acceptors (Lipinski definition) is 6. The zero-order valence-corrected chi connectivity index (χ0v) is 12.3. The molecule has 1 atom stereocenters. The van der Waals surface area contributed by atoms with Crippen molar-refractivity contribution in [3.05, 3.63) is 40.0 Å². The van der Waals surface area contributed by atoms with Gasteiger partial charge in [-0.15, -0.1) is 11.3 Å². The van der Waals surface area contributed by atoms with Gasteiger partial charge in [-0.1, -0.05) is 17.3 Å². The summed E-state index contributed by atoms with van der Waals surface area (Å²) in [5.41, 5.74) is 7.49. The van der Waals surface area contributed by atoms with Crippen molar-refractivity contribution < 1.29 is 8.91 Å². The molecule has 0 saturated carbocycles. The van der Waals surface area contributed by atoms with Gasteiger partial charge in [-0.25, -0.2) is 9.37 Å². The lowest BCUT2D eigenvalue weighted by molar-refractivity contribution is 0.431. The molecule has 3 aromatic rings. The predicted octanol–water partition coefficient (Wildman–Crippen LogP) is 3.33. The molecule has 0 saturated heterocycles. The molecule has 0 aliphatic heterocycles. The SMILES string of the molecule is Cc1ccc(-c2noc(-c3csc(C(C)N)n3)n2)cc1F. The summed E-state index contributed by atoms with van der Waals surface area (Å²) in [7, 11) is 0. The van der Waals surface area contributed by atoms with Gasteiger partial charge in [0.05, 0.1) is 6.04 Å². The van der Waals surface area contributed by atoms with Gasteiger partial charge in [0.1, 0.15) is 16.5 Å². The van der Waals surface area contributed by atoms with Gasteiger partial charge in [0.15, 0.2) is 0 Å². The highest BCUT2D eigenvalue weighted by Crippen LogP contribution is 2.26. The molecule has 0 aliphatic carbocycles. The second-order valence-electron chi connectivity index (χ2n) is 4.75. The van der Waals surface area contributed by atoms with Crippen LogP contribution in [0.2, 0.25) is 0 Å². The maximum absolute atomic E-state index is 13.6. The molecule has 0 spiro atoms. The summed E-state index contributed by atoms with van der Waals surface area (Å²) in [4.78, 5) is 8.59. The third-order valence-electron chi connectivity index (χ3n) is 2.99. The van der Waals surface area contributed by atoms with E-state index >= 15 is 0 Å². The Labute approximate surface area is 124 Å². The molecule has 0 amide bonds. The van der Waals surface area contributed by atoms with Crippen molar-refractivity contribution in [1.82, 2.24) is 15.1 Å². The topological polar surface area (TPSA) is 77.8 Å². The lowest BCUT2D eigenvalue weighted by atomic mass is 10.1. The van der Waals surface area contributed by atoms with Gasteiger partial charge in [0.25, 0.3) is 5.89 Å². The van der Waals surface area contributed by atoms with Crippen molar-refractivity contribution in [1.29, 1.82) is 0 Å². The molecular weight excluding hydrogens is 291 g/mol. The second-order valence-corrected chi connectivity index (χ2v) is 5.64. The molecule has 0 fully saturated rings. The summed E-state index contributed by atoms with van der Waals surface area (Å²) in [5.74, 6) is 0.333. The smallest absolute Gasteiger partial charge is 0.277 e. The normalized spacial score (nSPS) is 12.6. The Balaban J connectivity index is 1.93. The Bertz CT molecular complexity index is 781. The zero-order chi connectivity index (χ0) is 15.0. The van der Waals surface area contributed by atoms with Crippen LogP contribution in [0.5, 0.6) is 0 Å². The Morgan fingerprint density at radius 1 is 1.33 bits per heavy atom. The average molecular weight is 304 g/mol. The van der Waals surface area contributed by atoms with Gasteiger partial charge in [-0.05, 0) is 25.5 Å². The van der Waals surface area contributed by atoms with E-state index in [2.05, 4.69) is 15.1 Å². The molecule has 0 bridgehead atoms. The number of benzene rings is 1. The lowest BCUT2D eigenvalue weighted by Gasteiger charge is -1.97. The van der Waals surface area contributed by atoms with Gasteiger partial charge in [0.2, 0.25) is 5.82 Å². The lowest BCUT2D eigenvalue weighted by Crippen LogP contribution is -2.03. The fourth-order valence-electron chi connectivity index (χ4n) is 1.77. The molecule has 1 aromatic carbocycles. The van der Waals surface area contributed by atoms with Crippen LogP contribution in [0, 0.1) is 12.7 Å². The largest absolute Gasteiger partial charge is 0.332 e.